The number of pyridine rings is 1. The normalized spacial score (nSPS) is 12.4. The zero-order valence-corrected chi connectivity index (χ0v) is 18.7. The molecule has 0 saturated carbocycles. The summed E-state index contributed by atoms with van der Waals surface area (Å²) in [7, 11) is 3.96. The maximum atomic E-state index is 13.0. The number of carbonyl (C=O) groups excluding carboxylic acids is 1. The number of carbonyl (C=O) groups is 1. The summed E-state index contributed by atoms with van der Waals surface area (Å²) in [6.07, 6.45) is 0.764. The number of rotatable bonds is 7. The highest BCUT2D eigenvalue weighted by atomic mass is 35.5. The molecule has 2 aromatic carbocycles. The largest absolute Gasteiger partial charge is 0.454 e. The van der Waals surface area contributed by atoms with Crippen LogP contribution in [0.1, 0.15) is 12.0 Å². The summed E-state index contributed by atoms with van der Waals surface area (Å²) < 4.78 is 10.8. The van der Waals surface area contributed by atoms with E-state index in [1.807, 2.05) is 20.2 Å². The van der Waals surface area contributed by atoms with Crippen molar-refractivity contribution in [1.82, 2.24) is 14.8 Å². The van der Waals surface area contributed by atoms with Gasteiger partial charge in [0.25, 0.3) is 5.56 Å². The Hall–Kier alpha value is -3.23. The molecule has 0 fully saturated rings. The summed E-state index contributed by atoms with van der Waals surface area (Å²) in [6, 6.07) is 12.1. The molecular formula is C23H25ClN4O4. The highest BCUT2D eigenvalue weighted by Crippen LogP contribution is 2.35. The SMILES string of the molecule is CN(C)CCCN(Cc1cc2cc3c(cc2[nH]c1=O)OCO3)C(=O)Nc1cccc(Cl)c1. The Balaban J connectivity index is 1.58. The Bertz CT molecular complexity index is 1190. The average molecular weight is 457 g/mol. The number of hydrogen-bond acceptors (Lipinski definition) is 5. The molecule has 8 nitrogen and oxygen atoms in total. The Labute approximate surface area is 190 Å². The van der Waals surface area contributed by atoms with Gasteiger partial charge in [-0.15, -0.1) is 0 Å². The Kier molecular flexibility index (Phi) is 6.53. The van der Waals surface area contributed by atoms with Gasteiger partial charge in [-0.3, -0.25) is 4.79 Å². The molecule has 0 atom stereocenters. The van der Waals surface area contributed by atoms with Crippen molar-refractivity contribution in [3.63, 3.8) is 0 Å². The second-order valence-electron chi connectivity index (χ2n) is 7.94. The molecule has 0 saturated heterocycles. The highest BCUT2D eigenvalue weighted by molar-refractivity contribution is 6.30. The van der Waals surface area contributed by atoms with Gasteiger partial charge in [0.1, 0.15) is 0 Å². The van der Waals surface area contributed by atoms with Gasteiger partial charge in [0, 0.05) is 34.3 Å². The van der Waals surface area contributed by atoms with Crippen LogP contribution in [0.3, 0.4) is 0 Å². The van der Waals surface area contributed by atoms with Gasteiger partial charge in [-0.25, -0.2) is 4.79 Å². The number of benzene rings is 2. The van der Waals surface area contributed by atoms with Gasteiger partial charge >= 0.3 is 6.03 Å². The molecule has 3 aromatic rings. The third kappa shape index (κ3) is 5.15. The molecule has 0 aliphatic carbocycles. The molecule has 4 rings (SSSR count). The standard InChI is InChI=1S/C23H25ClN4O4/c1-27(2)7-4-8-28(23(30)25-18-6-3-5-17(24)11-18)13-16-9-15-10-20-21(32-14-31-20)12-19(15)26-22(16)29/h3,5-6,9-12H,4,7-8,13-14H2,1-2H3,(H,25,30)(H,26,29). The molecule has 0 unspecified atom stereocenters. The molecule has 1 aliphatic rings. The molecule has 0 radical (unpaired) electrons. The van der Waals surface area contributed by atoms with Crippen LogP contribution in [0, 0.1) is 0 Å². The first kappa shape index (κ1) is 22.0. The third-order valence-electron chi connectivity index (χ3n) is 5.17. The molecule has 0 bridgehead atoms. The molecule has 9 heteroatoms. The van der Waals surface area contributed by atoms with Crippen LogP contribution < -0.4 is 20.3 Å². The van der Waals surface area contributed by atoms with E-state index in [9.17, 15) is 9.59 Å². The van der Waals surface area contributed by atoms with E-state index in [4.69, 9.17) is 21.1 Å². The van der Waals surface area contributed by atoms with E-state index in [1.165, 1.54) is 0 Å². The number of nitrogens with zero attached hydrogens (tertiary/aromatic N) is 2. The van der Waals surface area contributed by atoms with Crippen molar-refractivity contribution in [2.75, 3.05) is 39.3 Å². The Morgan fingerprint density at radius 1 is 1.12 bits per heavy atom. The van der Waals surface area contributed by atoms with Crippen molar-refractivity contribution in [3.8, 4) is 11.5 Å². The van der Waals surface area contributed by atoms with Gasteiger partial charge in [-0.2, -0.15) is 0 Å². The maximum absolute atomic E-state index is 13.0. The second kappa shape index (κ2) is 9.50. The first-order valence-electron chi connectivity index (χ1n) is 10.3. The number of anilines is 1. The minimum absolute atomic E-state index is 0.159. The van der Waals surface area contributed by atoms with Crippen LogP contribution in [-0.2, 0) is 6.54 Å². The van der Waals surface area contributed by atoms with Crippen molar-refractivity contribution >= 4 is 34.2 Å². The smallest absolute Gasteiger partial charge is 0.322 e. The monoisotopic (exact) mass is 456 g/mol. The van der Waals surface area contributed by atoms with Gasteiger partial charge in [0.05, 0.1) is 12.1 Å². The number of amides is 2. The number of hydrogen-bond donors (Lipinski definition) is 2. The van der Waals surface area contributed by atoms with Crippen LogP contribution >= 0.6 is 11.6 Å². The van der Waals surface area contributed by atoms with E-state index >= 15 is 0 Å². The predicted molar refractivity (Wildman–Crippen MR) is 125 cm³/mol. The second-order valence-corrected chi connectivity index (χ2v) is 8.37. The number of aromatic nitrogens is 1. The fourth-order valence-corrected chi connectivity index (χ4v) is 3.75. The quantitative estimate of drug-likeness (QED) is 0.563. The lowest BCUT2D eigenvalue weighted by Crippen LogP contribution is -2.37. The van der Waals surface area contributed by atoms with Crippen LogP contribution in [0.15, 0.2) is 47.3 Å². The number of nitrogens with one attached hydrogen (secondary N) is 2. The average Bonchev–Trinajstić information content (AvgIpc) is 3.18. The molecule has 1 aliphatic heterocycles. The number of H-pyrrole nitrogens is 1. The van der Waals surface area contributed by atoms with E-state index in [0.717, 1.165) is 18.4 Å². The molecule has 1 aromatic heterocycles. The van der Waals surface area contributed by atoms with E-state index in [2.05, 4.69) is 15.2 Å². The van der Waals surface area contributed by atoms with Crippen LogP contribution in [0.4, 0.5) is 10.5 Å². The van der Waals surface area contributed by atoms with Crippen molar-refractivity contribution < 1.29 is 14.3 Å². The van der Waals surface area contributed by atoms with Crippen molar-refractivity contribution in [2.45, 2.75) is 13.0 Å². The number of urea groups is 1. The summed E-state index contributed by atoms with van der Waals surface area (Å²) in [6.45, 7) is 1.63. The van der Waals surface area contributed by atoms with Gasteiger partial charge in [-0.05, 0) is 57.4 Å². The van der Waals surface area contributed by atoms with Crippen LogP contribution in [0.2, 0.25) is 5.02 Å². The van der Waals surface area contributed by atoms with Crippen molar-refractivity contribution in [3.05, 3.63) is 63.4 Å². The zero-order chi connectivity index (χ0) is 22.7. The minimum Gasteiger partial charge on any atom is -0.454 e. The van der Waals surface area contributed by atoms with Gasteiger partial charge < -0.3 is 29.6 Å². The highest BCUT2D eigenvalue weighted by Gasteiger charge is 2.19. The van der Waals surface area contributed by atoms with Crippen LogP contribution in [-0.4, -0.2) is 54.8 Å². The lowest BCUT2D eigenvalue weighted by Gasteiger charge is -2.24. The molecule has 2 amide bonds. The number of halogens is 1. The Morgan fingerprint density at radius 3 is 2.66 bits per heavy atom. The fraction of sp³-hybridized carbons (Fsp3) is 0.304. The predicted octanol–water partition coefficient (Wildman–Crippen LogP) is 3.90. The summed E-state index contributed by atoms with van der Waals surface area (Å²) >= 11 is 6.04. The molecular weight excluding hydrogens is 432 g/mol. The summed E-state index contributed by atoms with van der Waals surface area (Å²) in [5.41, 5.74) is 1.50. The molecule has 2 heterocycles. The van der Waals surface area contributed by atoms with Crippen LogP contribution in [0.25, 0.3) is 10.9 Å². The first-order valence-corrected chi connectivity index (χ1v) is 10.7. The summed E-state index contributed by atoms with van der Waals surface area (Å²) in [5, 5.41) is 4.22. The lowest BCUT2D eigenvalue weighted by atomic mass is 10.1. The molecule has 2 N–H and O–H groups in total. The zero-order valence-electron chi connectivity index (χ0n) is 18.0. The van der Waals surface area contributed by atoms with Crippen LogP contribution in [0.5, 0.6) is 11.5 Å². The lowest BCUT2D eigenvalue weighted by molar-refractivity contribution is 0.174. The number of ether oxygens (including phenoxy) is 2. The van der Waals surface area contributed by atoms with E-state index in [-0.39, 0.29) is 24.9 Å². The maximum Gasteiger partial charge on any atom is 0.322 e. The van der Waals surface area contributed by atoms with Crippen molar-refractivity contribution in [1.29, 1.82) is 0 Å². The molecule has 168 valence electrons. The van der Waals surface area contributed by atoms with E-state index < -0.39 is 0 Å². The van der Waals surface area contributed by atoms with Gasteiger partial charge in [0.15, 0.2) is 11.5 Å². The van der Waals surface area contributed by atoms with Gasteiger partial charge in [0.2, 0.25) is 6.79 Å². The summed E-state index contributed by atoms with van der Waals surface area (Å²) in [4.78, 5) is 32.4. The molecule has 0 spiro atoms. The molecule has 32 heavy (non-hydrogen) atoms. The van der Waals surface area contributed by atoms with E-state index in [1.54, 1.807) is 41.3 Å². The number of fused-ring (bicyclic) bond motifs is 2. The van der Waals surface area contributed by atoms with Crippen molar-refractivity contribution in [2.24, 2.45) is 0 Å². The fourth-order valence-electron chi connectivity index (χ4n) is 3.56. The topological polar surface area (TPSA) is 86.9 Å². The third-order valence-corrected chi connectivity index (χ3v) is 5.41. The Morgan fingerprint density at radius 2 is 1.91 bits per heavy atom. The summed E-state index contributed by atoms with van der Waals surface area (Å²) in [5.74, 6) is 1.24. The van der Waals surface area contributed by atoms with E-state index in [0.29, 0.717) is 39.8 Å². The minimum atomic E-state index is -0.295. The number of aromatic amines is 1. The first-order chi connectivity index (χ1) is 15.4. The van der Waals surface area contributed by atoms with Gasteiger partial charge in [-0.1, -0.05) is 17.7 Å².